The minimum atomic E-state index is -4.43. The number of aryl methyl sites for hydroxylation is 1. The Hall–Kier alpha value is -3.81. The Balaban J connectivity index is 1.47. The van der Waals surface area contributed by atoms with Crippen LogP contribution in [0.25, 0.3) is 11.1 Å². The van der Waals surface area contributed by atoms with Crippen LogP contribution in [0.2, 0.25) is 0 Å². The summed E-state index contributed by atoms with van der Waals surface area (Å²) in [6, 6.07) is 17.5. The van der Waals surface area contributed by atoms with Crippen molar-refractivity contribution < 1.29 is 27.9 Å². The van der Waals surface area contributed by atoms with Crippen molar-refractivity contribution in [3.63, 3.8) is 0 Å². The predicted octanol–water partition coefficient (Wildman–Crippen LogP) is 6.62. The number of nitrogens with zero attached hydrogens (tertiary/aromatic N) is 1. The number of hydrogen-bond donors (Lipinski definition) is 2. The summed E-state index contributed by atoms with van der Waals surface area (Å²) in [5.41, 5.74) is 3.14. The first-order valence-electron chi connectivity index (χ1n) is 11.8. The minimum Gasteiger partial charge on any atom is -0.481 e. The molecule has 0 aliphatic carbocycles. The highest BCUT2D eigenvalue weighted by Crippen LogP contribution is 2.33. The number of carboxylic acid groups (broad SMARTS) is 1. The molecule has 188 valence electrons. The molecule has 36 heavy (non-hydrogen) atoms. The zero-order chi connectivity index (χ0) is 25.9. The molecule has 0 spiro atoms. The van der Waals surface area contributed by atoms with Crippen LogP contribution >= 0.6 is 0 Å². The maximum Gasteiger partial charge on any atom is 0.416 e. The van der Waals surface area contributed by atoms with Crippen LogP contribution < -0.4 is 10.2 Å². The average Bonchev–Trinajstić information content (AvgIpc) is 2.84. The third kappa shape index (κ3) is 5.87. The summed E-state index contributed by atoms with van der Waals surface area (Å²) in [7, 11) is 0. The summed E-state index contributed by atoms with van der Waals surface area (Å²) in [5.74, 6) is -0.912. The van der Waals surface area contributed by atoms with Gasteiger partial charge in [-0.1, -0.05) is 24.3 Å². The monoisotopic (exact) mass is 496 g/mol. The Morgan fingerprint density at radius 2 is 1.61 bits per heavy atom. The number of benzene rings is 3. The van der Waals surface area contributed by atoms with Gasteiger partial charge in [-0.15, -0.1) is 0 Å². The van der Waals surface area contributed by atoms with E-state index < -0.39 is 17.7 Å². The first-order chi connectivity index (χ1) is 17.1. The quantitative estimate of drug-likeness (QED) is 0.402. The number of rotatable bonds is 6. The van der Waals surface area contributed by atoms with Gasteiger partial charge in [-0.2, -0.15) is 13.2 Å². The predicted molar refractivity (Wildman–Crippen MR) is 133 cm³/mol. The van der Waals surface area contributed by atoms with Gasteiger partial charge in [-0.25, -0.2) is 0 Å². The summed E-state index contributed by atoms with van der Waals surface area (Å²) in [6.07, 6.45) is -2.58. The van der Waals surface area contributed by atoms with Crippen molar-refractivity contribution in [2.45, 2.75) is 32.4 Å². The summed E-state index contributed by atoms with van der Waals surface area (Å²) in [6.45, 7) is 3.38. The zero-order valence-corrected chi connectivity index (χ0v) is 19.8. The highest BCUT2D eigenvalue weighted by Gasteiger charge is 2.30. The molecule has 4 rings (SSSR count). The second-order valence-electron chi connectivity index (χ2n) is 9.10. The number of alkyl halides is 3. The first kappa shape index (κ1) is 25.3. The maximum absolute atomic E-state index is 13.1. The van der Waals surface area contributed by atoms with E-state index in [-0.39, 0.29) is 18.2 Å². The highest BCUT2D eigenvalue weighted by molar-refractivity contribution is 6.09. The van der Waals surface area contributed by atoms with Crippen molar-refractivity contribution in [2.75, 3.05) is 23.3 Å². The zero-order valence-electron chi connectivity index (χ0n) is 19.8. The van der Waals surface area contributed by atoms with Gasteiger partial charge in [0.15, 0.2) is 0 Å². The molecule has 0 atom stereocenters. The number of piperidine rings is 1. The second kappa shape index (κ2) is 10.4. The van der Waals surface area contributed by atoms with Crippen LogP contribution in [0.1, 0.15) is 40.7 Å². The SMILES string of the molecule is Cc1cccc(C(=O)Nc2ccc(N3CCC(CC(=O)O)CC3)cc2)c1-c1ccc(C(F)(F)F)cc1. The molecule has 5 nitrogen and oxygen atoms in total. The number of carboxylic acids is 1. The molecular weight excluding hydrogens is 469 g/mol. The molecule has 1 fully saturated rings. The van der Waals surface area contributed by atoms with Crippen molar-refractivity contribution in [3.8, 4) is 11.1 Å². The van der Waals surface area contributed by atoms with Crippen LogP contribution in [0.15, 0.2) is 66.7 Å². The Kier molecular flexibility index (Phi) is 7.33. The van der Waals surface area contributed by atoms with Crippen LogP contribution in [0.5, 0.6) is 0 Å². The van der Waals surface area contributed by atoms with E-state index in [1.807, 2.05) is 37.3 Å². The van der Waals surface area contributed by atoms with Gasteiger partial charge in [0, 0.05) is 36.4 Å². The lowest BCUT2D eigenvalue weighted by atomic mass is 9.93. The molecule has 1 aliphatic heterocycles. The normalized spacial score (nSPS) is 14.5. The van der Waals surface area contributed by atoms with E-state index in [0.717, 1.165) is 49.3 Å². The van der Waals surface area contributed by atoms with E-state index in [2.05, 4.69) is 10.2 Å². The van der Waals surface area contributed by atoms with Crippen molar-refractivity contribution in [1.82, 2.24) is 0 Å². The average molecular weight is 497 g/mol. The number of amides is 1. The third-order valence-electron chi connectivity index (χ3n) is 6.59. The molecule has 0 bridgehead atoms. The van der Waals surface area contributed by atoms with E-state index in [1.54, 1.807) is 12.1 Å². The van der Waals surface area contributed by atoms with Gasteiger partial charge in [0.25, 0.3) is 5.91 Å². The lowest BCUT2D eigenvalue weighted by molar-refractivity contribution is -0.138. The number of nitrogens with one attached hydrogen (secondary N) is 1. The van der Waals surface area contributed by atoms with Gasteiger partial charge >= 0.3 is 12.1 Å². The molecule has 1 aliphatic rings. The molecule has 1 amide bonds. The second-order valence-corrected chi connectivity index (χ2v) is 9.10. The standard InChI is InChI=1S/C28H27F3N2O3/c1-18-3-2-4-24(26(18)20-5-7-21(8-6-20)28(29,30)31)27(36)32-22-9-11-23(12-10-22)33-15-13-19(14-16-33)17-25(34)35/h2-12,19H,13-17H2,1H3,(H,32,36)(H,34,35). The number of hydrogen-bond acceptors (Lipinski definition) is 3. The van der Waals surface area contributed by atoms with Gasteiger partial charge in [-0.05, 0) is 84.8 Å². The number of aliphatic carboxylic acids is 1. The molecule has 3 aromatic carbocycles. The molecule has 0 unspecified atom stereocenters. The Morgan fingerprint density at radius 1 is 0.972 bits per heavy atom. The summed E-state index contributed by atoms with van der Waals surface area (Å²) in [5, 5.41) is 11.9. The molecule has 1 heterocycles. The largest absolute Gasteiger partial charge is 0.481 e. The van der Waals surface area contributed by atoms with Gasteiger partial charge in [0.05, 0.1) is 5.56 Å². The van der Waals surface area contributed by atoms with E-state index in [9.17, 15) is 22.8 Å². The summed E-state index contributed by atoms with van der Waals surface area (Å²) in [4.78, 5) is 26.3. The molecule has 0 radical (unpaired) electrons. The van der Waals surface area contributed by atoms with Crippen LogP contribution in [-0.2, 0) is 11.0 Å². The fourth-order valence-corrected chi connectivity index (χ4v) is 4.66. The van der Waals surface area contributed by atoms with E-state index in [0.29, 0.717) is 22.4 Å². The molecule has 0 saturated carbocycles. The lowest BCUT2D eigenvalue weighted by Crippen LogP contribution is -2.34. The number of carbonyl (C=O) groups is 2. The summed E-state index contributed by atoms with van der Waals surface area (Å²) < 4.78 is 38.9. The Morgan fingerprint density at radius 3 is 2.19 bits per heavy atom. The van der Waals surface area contributed by atoms with Gasteiger partial charge < -0.3 is 15.3 Å². The van der Waals surface area contributed by atoms with Crippen molar-refractivity contribution in [1.29, 1.82) is 0 Å². The molecule has 1 saturated heterocycles. The van der Waals surface area contributed by atoms with Crippen molar-refractivity contribution >= 4 is 23.3 Å². The smallest absolute Gasteiger partial charge is 0.416 e. The lowest BCUT2D eigenvalue weighted by Gasteiger charge is -2.33. The number of anilines is 2. The molecule has 2 N–H and O–H groups in total. The minimum absolute atomic E-state index is 0.200. The Bertz CT molecular complexity index is 1230. The van der Waals surface area contributed by atoms with Crippen molar-refractivity contribution in [3.05, 3.63) is 83.4 Å². The summed E-state index contributed by atoms with van der Waals surface area (Å²) >= 11 is 0. The maximum atomic E-state index is 13.1. The molecular formula is C28H27F3N2O3. The molecule has 8 heteroatoms. The van der Waals surface area contributed by atoms with Gasteiger partial charge in [0.2, 0.25) is 0 Å². The van der Waals surface area contributed by atoms with E-state index in [1.165, 1.54) is 12.1 Å². The van der Waals surface area contributed by atoms with Crippen LogP contribution in [0, 0.1) is 12.8 Å². The van der Waals surface area contributed by atoms with Gasteiger partial charge in [0.1, 0.15) is 0 Å². The van der Waals surface area contributed by atoms with Crippen molar-refractivity contribution in [2.24, 2.45) is 5.92 Å². The molecule has 0 aromatic heterocycles. The Labute approximate surface area is 207 Å². The fourth-order valence-electron chi connectivity index (χ4n) is 4.66. The topological polar surface area (TPSA) is 69.6 Å². The van der Waals surface area contributed by atoms with Crippen LogP contribution in [-0.4, -0.2) is 30.1 Å². The van der Waals surface area contributed by atoms with E-state index >= 15 is 0 Å². The number of carbonyl (C=O) groups excluding carboxylic acids is 1. The fraction of sp³-hybridized carbons (Fsp3) is 0.286. The van der Waals surface area contributed by atoms with Crippen LogP contribution in [0.4, 0.5) is 24.5 Å². The first-order valence-corrected chi connectivity index (χ1v) is 11.8. The highest BCUT2D eigenvalue weighted by atomic mass is 19.4. The third-order valence-corrected chi connectivity index (χ3v) is 6.59. The van der Waals surface area contributed by atoms with E-state index in [4.69, 9.17) is 5.11 Å². The van der Waals surface area contributed by atoms with Gasteiger partial charge in [-0.3, -0.25) is 9.59 Å². The molecule has 3 aromatic rings. The van der Waals surface area contributed by atoms with Crippen LogP contribution in [0.3, 0.4) is 0 Å². The number of halogens is 3.